The van der Waals surface area contributed by atoms with Gasteiger partial charge in [0, 0.05) is 67.1 Å². The maximum atomic E-state index is 13.5. The summed E-state index contributed by atoms with van der Waals surface area (Å²) in [5, 5.41) is 11.3. The molecule has 0 bridgehead atoms. The molecule has 0 amide bonds. The predicted octanol–water partition coefficient (Wildman–Crippen LogP) is 6.29. The second-order valence-electron chi connectivity index (χ2n) is 10.3. The van der Waals surface area contributed by atoms with Gasteiger partial charge >= 0.3 is 0 Å². The van der Waals surface area contributed by atoms with Gasteiger partial charge in [-0.1, -0.05) is 11.6 Å². The van der Waals surface area contributed by atoms with Gasteiger partial charge in [0.25, 0.3) is 5.69 Å². The Morgan fingerprint density at radius 3 is 2.17 bits per heavy atom. The average molecular weight is 581 g/mol. The first kappa shape index (κ1) is 28.8. The number of rotatable bonds is 10. The lowest BCUT2D eigenvalue weighted by Gasteiger charge is -2.44. The predicted molar refractivity (Wildman–Crippen MR) is 153 cm³/mol. The zero-order valence-corrected chi connectivity index (χ0v) is 24.0. The molecule has 3 aliphatic rings. The molecular formula is C31H33ClN2O7. The standard InChI is InChI=1S/C31H33ClN2O7/c1-3-40-27-17-20(16-22(32)31(27)41-18-19-10-12-21(13-11-19)34(37)38)28-29-23(6-4-8-25(29)35)33(14-15-39-2)24-7-5-9-26(36)30(24)28/h10-13,16-17,28H,3-9,14-15,18H2,1-2H3. The third kappa shape index (κ3) is 5.74. The normalized spacial score (nSPS) is 17.5. The molecule has 2 aromatic carbocycles. The second-order valence-corrected chi connectivity index (χ2v) is 10.7. The fourth-order valence-electron chi connectivity index (χ4n) is 6.03. The first-order valence-corrected chi connectivity index (χ1v) is 14.3. The van der Waals surface area contributed by atoms with Gasteiger partial charge in [-0.05, 0) is 68.0 Å². The Bertz CT molecular complexity index is 1390. The van der Waals surface area contributed by atoms with Crippen molar-refractivity contribution >= 4 is 28.9 Å². The van der Waals surface area contributed by atoms with Crippen molar-refractivity contribution in [3.63, 3.8) is 0 Å². The number of ketones is 2. The number of hydrogen-bond donors (Lipinski definition) is 0. The van der Waals surface area contributed by atoms with Gasteiger partial charge < -0.3 is 19.1 Å². The van der Waals surface area contributed by atoms with Gasteiger partial charge in [0.15, 0.2) is 23.1 Å². The minimum atomic E-state index is -0.528. The zero-order chi connectivity index (χ0) is 29.1. The highest BCUT2D eigenvalue weighted by atomic mass is 35.5. The van der Waals surface area contributed by atoms with Crippen LogP contribution in [0.25, 0.3) is 0 Å². The molecule has 0 fully saturated rings. The molecule has 0 saturated heterocycles. The van der Waals surface area contributed by atoms with E-state index in [1.165, 1.54) is 12.1 Å². The summed E-state index contributed by atoms with van der Waals surface area (Å²) >= 11 is 6.82. The Hall–Kier alpha value is -3.69. The number of carbonyl (C=O) groups is 2. The van der Waals surface area contributed by atoms with Gasteiger partial charge in [-0.3, -0.25) is 19.7 Å². The molecule has 0 saturated carbocycles. The van der Waals surface area contributed by atoms with Crippen molar-refractivity contribution in [2.24, 2.45) is 0 Å². The van der Waals surface area contributed by atoms with Gasteiger partial charge in [0.2, 0.25) is 0 Å². The van der Waals surface area contributed by atoms with E-state index in [0.29, 0.717) is 60.3 Å². The van der Waals surface area contributed by atoms with Crippen LogP contribution in [0.4, 0.5) is 5.69 Å². The fraction of sp³-hybridized carbons (Fsp3) is 0.419. The average Bonchev–Trinajstić information content (AvgIpc) is 2.95. The Kier molecular flexibility index (Phi) is 8.75. The topological polar surface area (TPSA) is 108 Å². The molecule has 0 unspecified atom stereocenters. The molecule has 1 heterocycles. The van der Waals surface area contributed by atoms with Crippen molar-refractivity contribution in [1.82, 2.24) is 4.90 Å². The fourth-order valence-corrected chi connectivity index (χ4v) is 6.30. The van der Waals surface area contributed by atoms with Crippen molar-refractivity contribution < 1.29 is 28.7 Å². The third-order valence-corrected chi connectivity index (χ3v) is 8.08. The van der Waals surface area contributed by atoms with E-state index in [2.05, 4.69) is 4.90 Å². The minimum Gasteiger partial charge on any atom is -0.490 e. The highest BCUT2D eigenvalue weighted by molar-refractivity contribution is 6.32. The van der Waals surface area contributed by atoms with Crippen molar-refractivity contribution in [2.45, 2.75) is 58.0 Å². The number of nitro benzene ring substituents is 1. The molecule has 2 aliphatic carbocycles. The molecule has 1 aliphatic heterocycles. The molecule has 0 aromatic heterocycles. The number of halogens is 1. The summed E-state index contributed by atoms with van der Waals surface area (Å²) in [4.78, 5) is 39.7. The maximum Gasteiger partial charge on any atom is 0.269 e. The molecule has 216 valence electrons. The van der Waals surface area contributed by atoms with E-state index in [0.717, 1.165) is 48.2 Å². The molecule has 41 heavy (non-hydrogen) atoms. The summed E-state index contributed by atoms with van der Waals surface area (Å²) in [7, 11) is 1.65. The van der Waals surface area contributed by atoms with Crippen LogP contribution in [0.1, 0.15) is 62.5 Å². The van der Waals surface area contributed by atoms with E-state index in [1.54, 1.807) is 25.3 Å². The number of benzene rings is 2. The zero-order valence-electron chi connectivity index (χ0n) is 23.2. The smallest absolute Gasteiger partial charge is 0.269 e. The lowest BCUT2D eigenvalue weighted by atomic mass is 9.71. The van der Waals surface area contributed by atoms with Crippen molar-refractivity contribution in [3.8, 4) is 11.5 Å². The van der Waals surface area contributed by atoms with E-state index in [4.69, 9.17) is 25.8 Å². The van der Waals surface area contributed by atoms with Crippen LogP contribution in [0.2, 0.25) is 5.02 Å². The summed E-state index contributed by atoms with van der Waals surface area (Å²) < 4.78 is 17.4. The van der Waals surface area contributed by atoms with Crippen molar-refractivity contribution in [2.75, 3.05) is 26.9 Å². The van der Waals surface area contributed by atoms with Gasteiger partial charge in [-0.25, -0.2) is 0 Å². The third-order valence-electron chi connectivity index (χ3n) is 7.80. The Labute approximate surface area is 243 Å². The molecule has 2 aromatic rings. The number of non-ortho nitro benzene ring substituents is 1. The van der Waals surface area contributed by atoms with E-state index in [1.807, 2.05) is 13.0 Å². The molecule has 0 radical (unpaired) electrons. The van der Waals surface area contributed by atoms with Gasteiger partial charge in [-0.2, -0.15) is 0 Å². The van der Waals surface area contributed by atoms with Crippen LogP contribution in [0.5, 0.6) is 11.5 Å². The number of carbonyl (C=O) groups excluding carboxylic acids is 2. The quantitative estimate of drug-likeness (QED) is 0.238. The molecule has 10 heteroatoms. The van der Waals surface area contributed by atoms with Crippen LogP contribution in [0.15, 0.2) is 58.9 Å². The summed E-state index contributed by atoms with van der Waals surface area (Å²) in [6.45, 7) is 3.40. The minimum absolute atomic E-state index is 0.00345. The van der Waals surface area contributed by atoms with Gasteiger partial charge in [0.05, 0.1) is 23.2 Å². The molecule has 0 atom stereocenters. The van der Waals surface area contributed by atoms with E-state index < -0.39 is 10.8 Å². The number of nitrogens with zero attached hydrogens (tertiary/aromatic N) is 2. The Morgan fingerprint density at radius 2 is 1.61 bits per heavy atom. The highest BCUT2D eigenvalue weighted by Crippen LogP contribution is 2.51. The second kappa shape index (κ2) is 12.4. The number of hydrogen-bond acceptors (Lipinski definition) is 8. The number of allylic oxidation sites excluding steroid dienone is 4. The van der Waals surface area contributed by atoms with Crippen LogP contribution < -0.4 is 9.47 Å². The molecule has 9 nitrogen and oxygen atoms in total. The van der Waals surface area contributed by atoms with Crippen molar-refractivity contribution in [1.29, 1.82) is 0 Å². The van der Waals surface area contributed by atoms with Crippen LogP contribution in [-0.4, -0.2) is 48.3 Å². The first-order valence-electron chi connectivity index (χ1n) is 13.9. The lowest BCUT2D eigenvalue weighted by Crippen LogP contribution is -2.40. The summed E-state index contributed by atoms with van der Waals surface area (Å²) in [6, 6.07) is 9.70. The van der Waals surface area contributed by atoms with E-state index in [-0.39, 0.29) is 23.9 Å². The summed E-state index contributed by atoms with van der Waals surface area (Å²) in [5.74, 6) is 0.322. The SMILES string of the molecule is CCOc1cc(C2C3=C(CCCC3=O)N(CCOC)C3=C2C(=O)CCC3)cc(Cl)c1OCc1ccc([N+](=O)[O-])cc1. The summed E-state index contributed by atoms with van der Waals surface area (Å²) in [5.41, 5.74) is 4.73. The van der Waals surface area contributed by atoms with Gasteiger partial charge in [0.1, 0.15) is 6.61 Å². The monoisotopic (exact) mass is 580 g/mol. The number of ether oxygens (including phenoxy) is 3. The molecular weight excluding hydrogens is 548 g/mol. The maximum absolute atomic E-state index is 13.5. The van der Waals surface area contributed by atoms with Crippen LogP contribution in [0, 0.1) is 10.1 Å². The number of methoxy groups -OCH3 is 1. The van der Waals surface area contributed by atoms with E-state index >= 15 is 0 Å². The van der Waals surface area contributed by atoms with Crippen LogP contribution in [0.3, 0.4) is 0 Å². The lowest BCUT2D eigenvalue weighted by molar-refractivity contribution is -0.384. The Morgan fingerprint density at radius 1 is 0.976 bits per heavy atom. The van der Waals surface area contributed by atoms with Crippen LogP contribution in [-0.2, 0) is 20.9 Å². The molecule has 5 rings (SSSR count). The largest absolute Gasteiger partial charge is 0.490 e. The number of Topliss-reactive ketones (excluding diaryl/α,β-unsaturated/α-hetero) is 2. The first-order chi connectivity index (χ1) is 19.8. The highest BCUT2D eigenvalue weighted by Gasteiger charge is 2.43. The number of nitro groups is 1. The van der Waals surface area contributed by atoms with Gasteiger partial charge in [-0.15, -0.1) is 0 Å². The summed E-state index contributed by atoms with van der Waals surface area (Å²) in [6.07, 6.45) is 3.93. The molecule has 0 spiro atoms. The van der Waals surface area contributed by atoms with Crippen molar-refractivity contribution in [3.05, 3.63) is 85.2 Å². The van der Waals surface area contributed by atoms with Crippen LogP contribution >= 0.6 is 11.6 Å². The Balaban J connectivity index is 1.56. The van der Waals surface area contributed by atoms with E-state index in [9.17, 15) is 19.7 Å². The molecule has 0 N–H and O–H groups in total.